The normalized spacial score (nSPS) is 11.1. The van der Waals surface area contributed by atoms with Gasteiger partial charge in [0.1, 0.15) is 5.75 Å². The zero-order valence-electron chi connectivity index (χ0n) is 10.9. The summed E-state index contributed by atoms with van der Waals surface area (Å²) in [5, 5.41) is 0. The molecule has 0 amide bonds. The molecular weight excluding hydrogens is 277 g/mol. The van der Waals surface area contributed by atoms with Gasteiger partial charge < -0.3 is 9.47 Å². The summed E-state index contributed by atoms with van der Waals surface area (Å²) in [6.07, 6.45) is -4.69. The summed E-state index contributed by atoms with van der Waals surface area (Å²) in [5.41, 5.74) is -1.56. The molecule has 1 rings (SSSR count). The molecule has 0 N–H and O–H groups in total. The zero-order valence-corrected chi connectivity index (χ0v) is 10.9. The molecule has 0 aliphatic carbocycles. The second-order valence-corrected chi connectivity index (χ2v) is 3.66. The Morgan fingerprint density at radius 1 is 1.15 bits per heavy atom. The lowest BCUT2D eigenvalue weighted by molar-refractivity contribution is -0.139. The summed E-state index contributed by atoms with van der Waals surface area (Å²) in [6.45, 7) is 2.84. The van der Waals surface area contributed by atoms with Crippen molar-refractivity contribution in [3.63, 3.8) is 0 Å². The van der Waals surface area contributed by atoms with E-state index in [2.05, 4.69) is 4.74 Å². The average molecular weight is 290 g/mol. The number of halogens is 3. The van der Waals surface area contributed by atoms with Gasteiger partial charge in [0.2, 0.25) is 0 Å². The summed E-state index contributed by atoms with van der Waals surface area (Å²) in [6, 6.07) is 2.92. The molecule has 0 aliphatic heterocycles. The SMILES string of the molecule is CCOC(=O)C(=O)c1cccc(C(F)(F)F)c1OCC. The van der Waals surface area contributed by atoms with Crippen LogP contribution in [0.4, 0.5) is 13.2 Å². The molecule has 1 aromatic rings. The lowest BCUT2D eigenvalue weighted by Gasteiger charge is -2.15. The first-order valence-electron chi connectivity index (χ1n) is 5.87. The number of alkyl halides is 3. The summed E-state index contributed by atoms with van der Waals surface area (Å²) >= 11 is 0. The fourth-order valence-corrected chi connectivity index (χ4v) is 1.55. The van der Waals surface area contributed by atoms with Crippen LogP contribution in [-0.4, -0.2) is 25.0 Å². The first-order valence-corrected chi connectivity index (χ1v) is 5.87. The first kappa shape index (κ1) is 16.0. The second kappa shape index (κ2) is 6.40. The number of hydrogen-bond donors (Lipinski definition) is 0. The molecule has 0 aromatic heterocycles. The second-order valence-electron chi connectivity index (χ2n) is 3.66. The van der Waals surface area contributed by atoms with Crippen molar-refractivity contribution >= 4 is 11.8 Å². The van der Waals surface area contributed by atoms with E-state index >= 15 is 0 Å². The van der Waals surface area contributed by atoms with Crippen LogP contribution in [0.2, 0.25) is 0 Å². The molecule has 0 radical (unpaired) electrons. The lowest BCUT2D eigenvalue weighted by atomic mass is 10.0. The van der Waals surface area contributed by atoms with Crippen molar-refractivity contribution in [1.29, 1.82) is 0 Å². The Morgan fingerprint density at radius 3 is 2.30 bits per heavy atom. The van der Waals surface area contributed by atoms with Crippen LogP contribution in [0.25, 0.3) is 0 Å². The van der Waals surface area contributed by atoms with E-state index in [-0.39, 0.29) is 13.2 Å². The molecule has 0 heterocycles. The predicted molar refractivity (Wildman–Crippen MR) is 63.6 cm³/mol. The maximum absolute atomic E-state index is 12.9. The molecule has 110 valence electrons. The third kappa shape index (κ3) is 3.49. The predicted octanol–water partition coefficient (Wildman–Crippen LogP) is 2.85. The number of esters is 1. The smallest absolute Gasteiger partial charge is 0.419 e. The van der Waals surface area contributed by atoms with E-state index < -0.39 is 34.8 Å². The van der Waals surface area contributed by atoms with Gasteiger partial charge in [-0.3, -0.25) is 4.79 Å². The molecule has 0 fully saturated rings. The van der Waals surface area contributed by atoms with E-state index in [1.165, 1.54) is 13.8 Å². The third-order valence-corrected chi connectivity index (χ3v) is 2.31. The Labute approximate surface area is 113 Å². The highest BCUT2D eigenvalue weighted by molar-refractivity contribution is 6.41. The van der Waals surface area contributed by atoms with Crippen molar-refractivity contribution in [2.24, 2.45) is 0 Å². The van der Waals surface area contributed by atoms with Gasteiger partial charge in [0.05, 0.1) is 24.3 Å². The van der Waals surface area contributed by atoms with E-state index in [1.54, 1.807) is 0 Å². The lowest BCUT2D eigenvalue weighted by Crippen LogP contribution is -2.20. The van der Waals surface area contributed by atoms with Gasteiger partial charge in [-0.15, -0.1) is 0 Å². The molecule has 4 nitrogen and oxygen atoms in total. The monoisotopic (exact) mass is 290 g/mol. The fourth-order valence-electron chi connectivity index (χ4n) is 1.55. The highest BCUT2D eigenvalue weighted by atomic mass is 19.4. The number of carbonyl (C=O) groups excluding carboxylic acids is 2. The van der Waals surface area contributed by atoms with Crippen molar-refractivity contribution in [2.45, 2.75) is 20.0 Å². The standard InChI is InChI=1S/C13H13F3O4/c1-3-19-11-8(10(17)12(18)20-4-2)6-5-7-9(11)13(14,15)16/h5-7H,3-4H2,1-2H3. The van der Waals surface area contributed by atoms with Crippen molar-refractivity contribution in [1.82, 2.24) is 0 Å². The van der Waals surface area contributed by atoms with E-state index in [0.29, 0.717) is 0 Å². The van der Waals surface area contributed by atoms with Gasteiger partial charge in [-0.2, -0.15) is 13.2 Å². The molecule has 0 saturated carbocycles. The zero-order chi connectivity index (χ0) is 15.3. The fraction of sp³-hybridized carbons (Fsp3) is 0.385. The van der Waals surface area contributed by atoms with Gasteiger partial charge in [-0.25, -0.2) is 4.79 Å². The number of para-hydroxylation sites is 1. The van der Waals surface area contributed by atoms with Crippen molar-refractivity contribution in [3.8, 4) is 5.75 Å². The Balaban J connectivity index is 3.32. The van der Waals surface area contributed by atoms with Gasteiger partial charge >= 0.3 is 12.1 Å². The molecule has 20 heavy (non-hydrogen) atoms. The molecule has 0 saturated heterocycles. The minimum Gasteiger partial charge on any atom is -0.492 e. The molecule has 0 atom stereocenters. The third-order valence-electron chi connectivity index (χ3n) is 2.31. The molecule has 0 aliphatic rings. The molecule has 0 spiro atoms. The van der Waals surface area contributed by atoms with Crippen molar-refractivity contribution < 1.29 is 32.2 Å². The number of ether oxygens (including phenoxy) is 2. The topological polar surface area (TPSA) is 52.6 Å². The van der Waals surface area contributed by atoms with Crippen LogP contribution in [0.5, 0.6) is 5.75 Å². The Hall–Kier alpha value is -2.05. The minimum absolute atomic E-state index is 0.0481. The van der Waals surface area contributed by atoms with Gasteiger partial charge in [0.15, 0.2) is 0 Å². The number of hydrogen-bond acceptors (Lipinski definition) is 4. The van der Waals surface area contributed by atoms with Crippen LogP contribution in [0, 0.1) is 0 Å². The highest BCUT2D eigenvalue weighted by Gasteiger charge is 2.37. The quantitative estimate of drug-likeness (QED) is 0.475. The van der Waals surface area contributed by atoms with Crippen LogP contribution in [0.3, 0.4) is 0 Å². The Morgan fingerprint density at radius 2 is 1.80 bits per heavy atom. The van der Waals surface area contributed by atoms with Gasteiger partial charge in [-0.1, -0.05) is 6.07 Å². The van der Waals surface area contributed by atoms with E-state index in [1.807, 2.05) is 0 Å². The van der Waals surface area contributed by atoms with Crippen molar-refractivity contribution in [2.75, 3.05) is 13.2 Å². The number of benzene rings is 1. The van der Waals surface area contributed by atoms with E-state index in [0.717, 1.165) is 18.2 Å². The minimum atomic E-state index is -4.69. The highest BCUT2D eigenvalue weighted by Crippen LogP contribution is 2.38. The molecule has 0 bridgehead atoms. The molecule has 7 heteroatoms. The largest absolute Gasteiger partial charge is 0.492 e. The number of rotatable bonds is 5. The molecule has 1 aromatic carbocycles. The van der Waals surface area contributed by atoms with Gasteiger partial charge in [-0.05, 0) is 26.0 Å². The molecular formula is C13H13F3O4. The number of Topliss-reactive ketones (excluding diaryl/α,β-unsaturated/α-hetero) is 1. The van der Waals surface area contributed by atoms with Crippen LogP contribution >= 0.6 is 0 Å². The summed E-state index contributed by atoms with van der Waals surface area (Å²) < 4.78 is 48.0. The summed E-state index contributed by atoms with van der Waals surface area (Å²) in [4.78, 5) is 23.1. The number of carbonyl (C=O) groups is 2. The van der Waals surface area contributed by atoms with E-state index in [9.17, 15) is 22.8 Å². The molecule has 0 unspecified atom stereocenters. The summed E-state index contributed by atoms with van der Waals surface area (Å²) in [7, 11) is 0. The number of ketones is 1. The first-order chi connectivity index (χ1) is 9.32. The summed E-state index contributed by atoms with van der Waals surface area (Å²) in [5.74, 6) is -3.03. The maximum atomic E-state index is 12.9. The Bertz CT molecular complexity index is 509. The van der Waals surface area contributed by atoms with Crippen LogP contribution in [-0.2, 0) is 15.7 Å². The van der Waals surface area contributed by atoms with Crippen LogP contribution in [0.15, 0.2) is 18.2 Å². The van der Waals surface area contributed by atoms with Crippen molar-refractivity contribution in [3.05, 3.63) is 29.3 Å². The van der Waals surface area contributed by atoms with Gasteiger partial charge in [0, 0.05) is 0 Å². The maximum Gasteiger partial charge on any atom is 0.419 e. The van der Waals surface area contributed by atoms with E-state index in [4.69, 9.17) is 4.74 Å². The van der Waals surface area contributed by atoms with Crippen LogP contribution < -0.4 is 4.74 Å². The average Bonchev–Trinajstić information content (AvgIpc) is 2.37. The Kier molecular flexibility index (Phi) is 5.12. The van der Waals surface area contributed by atoms with Crippen LogP contribution in [0.1, 0.15) is 29.8 Å². The van der Waals surface area contributed by atoms with Gasteiger partial charge in [0.25, 0.3) is 5.78 Å².